The number of ether oxygens (including phenoxy) is 1. The van der Waals surface area contributed by atoms with Crippen LogP contribution in [0.2, 0.25) is 0 Å². The Morgan fingerprint density at radius 3 is 2.70 bits per heavy atom. The van der Waals surface area contributed by atoms with Crippen molar-refractivity contribution in [3.8, 4) is 17.1 Å². The van der Waals surface area contributed by atoms with Crippen LogP contribution in [-0.4, -0.2) is 44.4 Å². The highest BCUT2D eigenvalue weighted by atomic mass is 19.1. The number of rotatable bonds is 4. The van der Waals surface area contributed by atoms with Crippen LogP contribution in [0.25, 0.3) is 11.4 Å². The van der Waals surface area contributed by atoms with Crippen LogP contribution in [0.5, 0.6) is 5.75 Å². The molecule has 2 bridgehead atoms. The second-order valence-corrected chi connectivity index (χ2v) is 7.46. The van der Waals surface area contributed by atoms with E-state index in [0.717, 1.165) is 19.3 Å². The molecule has 3 heterocycles. The summed E-state index contributed by atoms with van der Waals surface area (Å²) in [5.41, 5.74) is 0.663. The van der Waals surface area contributed by atoms with Gasteiger partial charge in [0.05, 0.1) is 17.9 Å². The molecule has 2 aromatic rings. The lowest BCUT2D eigenvalue weighted by molar-refractivity contribution is -0.00603. The van der Waals surface area contributed by atoms with Gasteiger partial charge in [0.1, 0.15) is 12.1 Å². The molecule has 2 aliphatic rings. The Morgan fingerprint density at radius 2 is 2.07 bits per heavy atom. The monoisotopic (exact) mass is 373 g/mol. The number of amides is 2. The number of piperidine rings is 1. The van der Waals surface area contributed by atoms with E-state index < -0.39 is 5.82 Å². The van der Waals surface area contributed by atoms with Crippen molar-refractivity contribution in [3.05, 3.63) is 24.3 Å². The predicted molar refractivity (Wildman–Crippen MR) is 99.0 cm³/mol. The molecule has 1 aromatic carbocycles. The average Bonchev–Trinajstić information content (AvgIpc) is 3.03. The maximum atomic E-state index is 14.6. The van der Waals surface area contributed by atoms with Gasteiger partial charge in [-0.3, -0.25) is 4.68 Å². The molecule has 8 heteroatoms. The first-order chi connectivity index (χ1) is 13.0. The zero-order valence-electron chi connectivity index (χ0n) is 15.8. The fraction of sp³-hybridized carbons (Fsp3) is 0.526. The zero-order valence-corrected chi connectivity index (χ0v) is 15.8. The maximum Gasteiger partial charge on any atom is 0.322 e. The number of nitrogens with one attached hydrogen (secondary N) is 1. The van der Waals surface area contributed by atoms with Crippen LogP contribution < -0.4 is 10.1 Å². The molecule has 144 valence electrons. The largest absolute Gasteiger partial charge is 0.493 e. The van der Waals surface area contributed by atoms with E-state index in [0.29, 0.717) is 29.7 Å². The van der Waals surface area contributed by atoms with Gasteiger partial charge >= 0.3 is 6.03 Å². The average molecular weight is 373 g/mol. The molecular weight excluding hydrogens is 349 g/mol. The third-order valence-corrected chi connectivity index (χ3v) is 5.37. The number of benzene rings is 1. The summed E-state index contributed by atoms with van der Waals surface area (Å²) < 4.78 is 21.7. The number of halogens is 1. The van der Waals surface area contributed by atoms with Gasteiger partial charge in [-0.1, -0.05) is 6.92 Å². The number of hydrogen-bond donors (Lipinski definition) is 1. The Balaban J connectivity index is 1.60. The first-order valence-electron chi connectivity index (χ1n) is 9.38. The second-order valence-electron chi connectivity index (χ2n) is 7.46. The Kier molecular flexibility index (Phi) is 4.49. The van der Waals surface area contributed by atoms with Crippen molar-refractivity contribution < 1.29 is 13.9 Å². The number of aromatic nitrogens is 3. The zero-order chi connectivity index (χ0) is 19.1. The molecule has 2 aliphatic heterocycles. The first-order valence-corrected chi connectivity index (χ1v) is 9.38. The van der Waals surface area contributed by atoms with Crippen LogP contribution in [0.4, 0.5) is 14.9 Å². The summed E-state index contributed by atoms with van der Waals surface area (Å²) in [4.78, 5) is 18.8. The highest BCUT2D eigenvalue weighted by Gasteiger charge is 2.46. The molecule has 27 heavy (non-hydrogen) atoms. The molecule has 0 aliphatic carbocycles. The predicted octanol–water partition coefficient (Wildman–Crippen LogP) is 3.42. The lowest BCUT2D eigenvalue weighted by Crippen LogP contribution is -2.63. The van der Waals surface area contributed by atoms with E-state index >= 15 is 0 Å². The van der Waals surface area contributed by atoms with Gasteiger partial charge in [-0.25, -0.2) is 14.2 Å². The SMILES string of the molecule is CCOc1cc(F)c(NC(=O)N2C3CC(C)C[C@H]2C3)cc1-c1ncn(C)n1. The number of urea groups is 1. The first kappa shape index (κ1) is 17.8. The third-order valence-electron chi connectivity index (χ3n) is 5.37. The van der Waals surface area contributed by atoms with Crippen LogP contribution in [0.1, 0.15) is 33.1 Å². The lowest BCUT2D eigenvalue weighted by atomic mass is 9.74. The molecule has 0 radical (unpaired) electrons. The minimum Gasteiger partial charge on any atom is -0.493 e. The highest BCUT2D eigenvalue weighted by Crippen LogP contribution is 2.41. The van der Waals surface area contributed by atoms with E-state index in [1.54, 1.807) is 24.1 Å². The Hall–Kier alpha value is -2.64. The van der Waals surface area contributed by atoms with Crippen LogP contribution >= 0.6 is 0 Å². The number of carbonyl (C=O) groups excluding carboxylic acids is 1. The Bertz CT molecular complexity index is 856. The summed E-state index contributed by atoms with van der Waals surface area (Å²) >= 11 is 0. The maximum absolute atomic E-state index is 14.6. The number of nitrogens with zero attached hydrogens (tertiary/aromatic N) is 4. The standard InChI is InChI=1S/C19H24FN5O2/c1-4-27-17-9-15(20)16(8-14(17)18-21-10-24(3)23-18)22-19(26)25-12-5-11(2)6-13(25)7-12/h8-13H,4-7H2,1-3H3,(H,22,26)/t11?,12-,13?/m0/s1. The molecule has 3 atom stereocenters. The van der Waals surface area contributed by atoms with Crippen molar-refractivity contribution in [1.29, 1.82) is 0 Å². The van der Waals surface area contributed by atoms with Gasteiger partial charge in [0.15, 0.2) is 11.6 Å². The molecule has 1 aromatic heterocycles. The van der Waals surface area contributed by atoms with E-state index in [9.17, 15) is 9.18 Å². The molecule has 4 rings (SSSR count). The van der Waals surface area contributed by atoms with E-state index in [1.807, 2.05) is 11.8 Å². The van der Waals surface area contributed by atoms with Crippen molar-refractivity contribution in [2.45, 2.75) is 45.2 Å². The number of carbonyl (C=O) groups is 1. The minimum atomic E-state index is -0.537. The van der Waals surface area contributed by atoms with Gasteiger partial charge < -0.3 is 15.0 Å². The molecule has 2 unspecified atom stereocenters. The van der Waals surface area contributed by atoms with Crippen LogP contribution in [0, 0.1) is 11.7 Å². The van der Waals surface area contributed by atoms with E-state index in [2.05, 4.69) is 22.3 Å². The van der Waals surface area contributed by atoms with Gasteiger partial charge in [-0.15, -0.1) is 0 Å². The van der Waals surface area contributed by atoms with E-state index in [-0.39, 0.29) is 23.8 Å². The number of anilines is 1. The number of aryl methyl sites for hydroxylation is 1. The number of hydrogen-bond acceptors (Lipinski definition) is 4. The molecule has 7 nitrogen and oxygen atoms in total. The molecule has 0 spiro atoms. The molecular formula is C19H24FN5O2. The van der Waals surface area contributed by atoms with Crippen molar-refractivity contribution in [3.63, 3.8) is 0 Å². The Morgan fingerprint density at radius 1 is 1.33 bits per heavy atom. The summed E-state index contributed by atoms with van der Waals surface area (Å²) in [5, 5.41) is 7.01. The smallest absolute Gasteiger partial charge is 0.322 e. The van der Waals surface area contributed by atoms with Crippen LogP contribution in [-0.2, 0) is 7.05 Å². The van der Waals surface area contributed by atoms with Crippen molar-refractivity contribution in [2.24, 2.45) is 13.0 Å². The van der Waals surface area contributed by atoms with Crippen molar-refractivity contribution in [2.75, 3.05) is 11.9 Å². The molecule has 1 N–H and O–H groups in total. The van der Waals surface area contributed by atoms with Gasteiger partial charge in [0, 0.05) is 25.2 Å². The van der Waals surface area contributed by atoms with Crippen molar-refractivity contribution in [1.82, 2.24) is 19.7 Å². The quantitative estimate of drug-likeness (QED) is 0.891. The van der Waals surface area contributed by atoms with Crippen LogP contribution in [0.15, 0.2) is 18.5 Å². The summed E-state index contributed by atoms with van der Waals surface area (Å²) in [6.45, 7) is 4.43. The fourth-order valence-electron chi connectivity index (χ4n) is 4.22. The fourth-order valence-corrected chi connectivity index (χ4v) is 4.22. The third kappa shape index (κ3) is 3.24. The van der Waals surface area contributed by atoms with E-state index in [1.165, 1.54) is 6.07 Å². The normalized spacial score (nSPS) is 23.7. The lowest BCUT2D eigenvalue weighted by Gasteiger charge is -2.54. The van der Waals surface area contributed by atoms with Crippen molar-refractivity contribution >= 4 is 11.7 Å². The summed E-state index contributed by atoms with van der Waals surface area (Å²) in [5.74, 6) is 0.882. The molecule has 2 fully saturated rings. The van der Waals surface area contributed by atoms with Crippen LogP contribution in [0.3, 0.4) is 0 Å². The topological polar surface area (TPSA) is 72.3 Å². The van der Waals surface area contributed by atoms with E-state index in [4.69, 9.17) is 4.74 Å². The summed E-state index contributed by atoms with van der Waals surface area (Å²) in [7, 11) is 1.76. The second kappa shape index (κ2) is 6.83. The molecule has 2 saturated heterocycles. The number of fused-ring (bicyclic) bond motifs is 2. The van der Waals surface area contributed by atoms with Gasteiger partial charge in [0.25, 0.3) is 0 Å². The summed E-state index contributed by atoms with van der Waals surface area (Å²) in [6, 6.07) is 3.12. The molecule has 2 amide bonds. The van der Waals surface area contributed by atoms with Gasteiger partial charge in [-0.2, -0.15) is 5.10 Å². The van der Waals surface area contributed by atoms with Gasteiger partial charge in [0.2, 0.25) is 0 Å². The highest BCUT2D eigenvalue weighted by molar-refractivity contribution is 5.91. The Labute approximate surface area is 157 Å². The minimum absolute atomic E-state index is 0.115. The summed E-state index contributed by atoms with van der Waals surface area (Å²) in [6.07, 6.45) is 4.64. The molecule has 0 saturated carbocycles. The van der Waals surface area contributed by atoms with Gasteiger partial charge in [-0.05, 0) is 38.2 Å².